The van der Waals surface area contributed by atoms with Crippen molar-refractivity contribution >= 4 is 12.7 Å². The minimum Gasteiger partial charge on any atom is -0.316 e. The summed E-state index contributed by atoms with van der Waals surface area (Å²) in [7, 11) is -2.69. The van der Waals surface area contributed by atoms with Crippen molar-refractivity contribution in [1.29, 1.82) is 0 Å². The molecular formula is C12H17O2P. The van der Waals surface area contributed by atoms with Gasteiger partial charge in [0.05, 0.1) is 0 Å². The van der Waals surface area contributed by atoms with Crippen molar-refractivity contribution < 1.29 is 9.36 Å². The maximum absolute atomic E-state index is 12.0. The molecule has 0 aliphatic carbocycles. The van der Waals surface area contributed by atoms with Crippen LogP contribution >= 0.6 is 7.14 Å². The summed E-state index contributed by atoms with van der Waals surface area (Å²) in [4.78, 5) is 12.0. The normalized spacial score (nSPS) is 11.5. The van der Waals surface area contributed by atoms with Crippen LogP contribution in [-0.4, -0.2) is 18.9 Å². The van der Waals surface area contributed by atoms with Crippen LogP contribution in [0.15, 0.2) is 12.1 Å². The van der Waals surface area contributed by atoms with E-state index in [2.05, 4.69) is 0 Å². The van der Waals surface area contributed by atoms with Crippen molar-refractivity contribution in [2.75, 3.05) is 13.3 Å². The molecule has 0 aromatic heterocycles. The van der Waals surface area contributed by atoms with E-state index in [1.165, 1.54) is 13.3 Å². The molecule has 0 saturated heterocycles. The highest BCUT2D eigenvalue weighted by Gasteiger charge is 2.24. The average molecular weight is 224 g/mol. The Morgan fingerprint density at radius 1 is 1.07 bits per heavy atom. The first-order chi connectivity index (χ1) is 6.73. The van der Waals surface area contributed by atoms with Gasteiger partial charge in [-0.25, -0.2) is 0 Å². The van der Waals surface area contributed by atoms with Crippen molar-refractivity contribution in [3.05, 3.63) is 34.4 Å². The van der Waals surface area contributed by atoms with Crippen LogP contribution in [0.5, 0.6) is 0 Å². The topological polar surface area (TPSA) is 34.1 Å². The highest BCUT2D eigenvalue weighted by molar-refractivity contribution is 7.79. The summed E-state index contributed by atoms with van der Waals surface area (Å²) in [5.41, 5.74) is 3.39. The molecule has 0 aliphatic heterocycles. The van der Waals surface area contributed by atoms with Gasteiger partial charge in [0.15, 0.2) is 0 Å². The zero-order valence-electron chi connectivity index (χ0n) is 9.92. The Morgan fingerprint density at radius 3 is 1.80 bits per heavy atom. The van der Waals surface area contributed by atoms with Gasteiger partial charge in [-0.15, -0.1) is 0 Å². The molecule has 0 unspecified atom stereocenters. The van der Waals surface area contributed by atoms with E-state index in [1.807, 2.05) is 32.9 Å². The SMILES string of the molecule is Cc1cc(C)c(C(=O)P(C)(C)=O)c(C)c1. The number of carbonyl (C=O) groups is 1. The van der Waals surface area contributed by atoms with Crippen molar-refractivity contribution in [3.8, 4) is 0 Å². The Balaban J connectivity index is 3.39. The molecule has 0 amide bonds. The number of aryl methyl sites for hydroxylation is 3. The van der Waals surface area contributed by atoms with E-state index in [0.29, 0.717) is 5.56 Å². The maximum atomic E-state index is 12.0. The molecule has 0 aliphatic rings. The zero-order valence-corrected chi connectivity index (χ0v) is 10.8. The van der Waals surface area contributed by atoms with Crippen LogP contribution in [0.3, 0.4) is 0 Å². The fourth-order valence-corrected chi connectivity index (χ4v) is 2.68. The summed E-state index contributed by atoms with van der Waals surface area (Å²) in [6.45, 7) is 8.82. The van der Waals surface area contributed by atoms with Gasteiger partial charge in [-0.2, -0.15) is 0 Å². The van der Waals surface area contributed by atoms with E-state index >= 15 is 0 Å². The lowest BCUT2D eigenvalue weighted by atomic mass is 10.0. The highest BCUT2D eigenvalue weighted by Crippen LogP contribution is 2.41. The predicted molar refractivity (Wildman–Crippen MR) is 64.4 cm³/mol. The van der Waals surface area contributed by atoms with Gasteiger partial charge in [0, 0.05) is 5.56 Å². The van der Waals surface area contributed by atoms with E-state index in [4.69, 9.17) is 0 Å². The Labute approximate surface area is 91.1 Å². The largest absolute Gasteiger partial charge is 0.316 e. The quantitative estimate of drug-likeness (QED) is 0.722. The maximum Gasteiger partial charge on any atom is 0.221 e. The highest BCUT2D eigenvalue weighted by atomic mass is 31.2. The average Bonchev–Trinajstić information content (AvgIpc) is 1.99. The van der Waals surface area contributed by atoms with Crippen LogP contribution in [0.4, 0.5) is 0 Å². The molecular weight excluding hydrogens is 207 g/mol. The molecule has 1 rings (SSSR count). The smallest absolute Gasteiger partial charge is 0.221 e. The number of hydrogen-bond acceptors (Lipinski definition) is 2. The van der Waals surface area contributed by atoms with Crippen molar-refractivity contribution in [3.63, 3.8) is 0 Å². The van der Waals surface area contributed by atoms with Crippen molar-refractivity contribution in [2.24, 2.45) is 0 Å². The monoisotopic (exact) mass is 224 g/mol. The van der Waals surface area contributed by atoms with E-state index in [-0.39, 0.29) is 5.52 Å². The second kappa shape index (κ2) is 3.94. The van der Waals surface area contributed by atoms with Crippen LogP contribution in [0.1, 0.15) is 27.0 Å². The summed E-state index contributed by atoms with van der Waals surface area (Å²) in [5.74, 6) is 0. The molecule has 1 aromatic rings. The van der Waals surface area contributed by atoms with E-state index in [0.717, 1.165) is 16.7 Å². The van der Waals surface area contributed by atoms with Crippen LogP contribution in [0.2, 0.25) is 0 Å². The Bertz CT molecular complexity index is 432. The molecule has 0 saturated carbocycles. The lowest BCUT2D eigenvalue weighted by Gasteiger charge is -2.12. The Kier molecular flexibility index (Phi) is 3.20. The van der Waals surface area contributed by atoms with Crippen LogP contribution in [-0.2, 0) is 4.57 Å². The van der Waals surface area contributed by atoms with E-state index in [1.54, 1.807) is 0 Å². The molecule has 2 nitrogen and oxygen atoms in total. The van der Waals surface area contributed by atoms with Gasteiger partial charge in [0.2, 0.25) is 5.52 Å². The molecule has 0 spiro atoms. The van der Waals surface area contributed by atoms with Gasteiger partial charge < -0.3 is 4.57 Å². The van der Waals surface area contributed by atoms with Crippen molar-refractivity contribution in [2.45, 2.75) is 20.8 Å². The first kappa shape index (κ1) is 12.2. The third-order valence-corrected chi connectivity index (χ3v) is 3.58. The fraction of sp³-hybridized carbons (Fsp3) is 0.417. The second-order valence-corrected chi connectivity index (χ2v) is 7.54. The first-order valence-electron chi connectivity index (χ1n) is 4.91. The number of carbonyl (C=O) groups excluding carboxylic acids is 1. The molecule has 0 fully saturated rings. The van der Waals surface area contributed by atoms with Gasteiger partial charge in [-0.3, -0.25) is 4.79 Å². The minimum absolute atomic E-state index is 0.211. The molecule has 82 valence electrons. The van der Waals surface area contributed by atoms with Gasteiger partial charge >= 0.3 is 0 Å². The second-order valence-electron chi connectivity index (χ2n) is 4.43. The standard InChI is InChI=1S/C12H17O2P/c1-8-6-9(2)11(10(3)7-8)12(13)15(4,5)14/h6-7H,1-5H3. The number of hydrogen-bond donors (Lipinski definition) is 0. The Morgan fingerprint density at radius 2 is 1.47 bits per heavy atom. The lowest BCUT2D eigenvalue weighted by Crippen LogP contribution is -2.05. The van der Waals surface area contributed by atoms with Crippen LogP contribution < -0.4 is 0 Å². The zero-order chi connectivity index (χ0) is 11.8. The molecule has 3 heteroatoms. The molecule has 0 radical (unpaired) electrons. The van der Waals surface area contributed by atoms with Crippen LogP contribution in [0, 0.1) is 20.8 Å². The Hall–Kier alpha value is -0.880. The summed E-state index contributed by atoms with van der Waals surface area (Å²) in [5, 5.41) is 0. The molecule has 0 atom stereocenters. The summed E-state index contributed by atoms with van der Waals surface area (Å²) in [6, 6.07) is 3.91. The summed E-state index contributed by atoms with van der Waals surface area (Å²) >= 11 is 0. The third kappa shape index (κ3) is 2.57. The van der Waals surface area contributed by atoms with E-state index in [9.17, 15) is 9.36 Å². The van der Waals surface area contributed by atoms with Gasteiger partial charge in [0.1, 0.15) is 7.14 Å². The molecule has 1 aromatic carbocycles. The van der Waals surface area contributed by atoms with Gasteiger partial charge in [-0.05, 0) is 45.2 Å². The minimum atomic E-state index is -2.69. The van der Waals surface area contributed by atoms with Gasteiger partial charge in [-0.1, -0.05) is 17.7 Å². The third-order valence-electron chi connectivity index (χ3n) is 2.38. The number of benzene rings is 1. The van der Waals surface area contributed by atoms with Crippen LogP contribution in [0.25, 0.3) is 0 Å². The predicted octanol–water partition coefficient (Wildman–Crippen LogP) is 3.37. The molecule has 0 N–H and O–H groups in total. The summed E-state index contributed by atoms with van der Waals surface area (Å²) in [6.07, 6.45) is 0. The summed E-state index contributed by atoms with van der Waals surface area (Å²) < 4.78 is 11.8. The number of rotatable bonds is 2. The molecule has 15 heavy (non-hydrogen) atoms. The van der Waals surface area contributed by atoms with Gasteiger partial charge in [0.25, 0.3) is 0 Å². The van der Waals surface area contributed by atoms with Crippen molar-refractivity contribution in [1.82, 2.24) is 0 Å². The fourth-order valence-electron chi connectivity index (χ4n) is 1.79. The molecule has 0 heterocycles. The first-order valence-corrected chi connectivity index (χ1v) is 7.51. The molecule has 0 bridgehead atoms. The van der Waals surface area contributed by atoms with E-state index < -0.39 is 7.14 Å². The lowest BCUT2D eigenvalue weighted by molar-refractivity contribution is 0.107.